The Morgan fingerprint density at radius 1 is 0.709 bits per heavy atom. The van der Waals surface area contributed by atoms with Gasteiger partial charge in [0, 0.05) is 35.8 Å². The molecule has 18 heteroatoms. The average molecular weight is 1320 g/mol. The number of benzene rings is 5. The van der Waals surface area contributed by atoms with E-state index < -0.39 is 0 Å². The molecule has 0 spiro atoms. The topological polar surface area (TPSA) is 204 Å². The van der Waals surface area contributed by atoms with Crippen LogP contribution < -0.4 is 20.1 Å². The number of fused-ring (bicyclic) bond motifs is 1. The molecule has 5 aliphatic rings. The predicted molar refractivity (Wildman–Crippen MR) is 315 cm³/mol. The monoisotopic (exact) mass is 1320 g/mol. The zero-order chi connectivity index (χ0) is 54.6. The Kier molecular flexibility index (Phi) is 20.9. The summed E-state index contributed by atoms with van der Waals surface area (Å²) >= 11 is 3.16. The van der Waals surface area contributed by atoms with Crippen LogP contribution in [-0.4, -0.2) is 105 Å². The minimum atomic E-state index is -0.372. The second kappa shape index (κ2) is 27.9. The number of ether oxygens (including phenoxy) is 2. The summed E-state index contributed by atoms with van der Waals surface area (Å²) in [4.78, 5) is 77.7. The van der Waals surface area contributed by atoms with Gasteiger partial charge in [-0.05, 0) is 122 Å². The first-order valence-corrected chi connectivity index (χ1v) is 29.0. The van der Waals surface area contributed by atoms with Gasteiger partial charge in [0.1, 0.15) is 23.4 Å². The predicted octanol–water partition coefficient (Wildman–Crippen LogP) is 11.7. The number of thioether (sulfide) groups is 3. The number of rotatable bonds is 16. The molecular weight excluding hydrogens is 1250 g/mol. The van der Waals surface area contributed by atoms with Crippen LogP contribution in [-0.2, 0) is 48.1 Å². The number of aryl methyl sites for hydroxylation is 3. The number of hydrogen-bond donors (Lipinski definition) is 3. The molecule has 2 radical (unpaired) electrons. The molecule has 4 atom stereocenters. The Morgan fingerprint density at radius 2 is 1.29 bits per heavy atom. The van der Waals surface area contributed by atoms with Crippen LogP contribution in [0.3, 0.4) is 0 Å². The van der Waals surface area contributed by atoms with Crippen molar-refractivity contribution in [3.63, 3.8) is 0 Å². The maximum atomic E-state index is 12.6. The van der Waals surface area contributed by atoms with Gasteiger partial charge in [-0.3, -0.25) is 39.4 Å². The molecule has 5 aromatic carbocycles. The number of ketones is 1. The number of oxazole rings is 1. The van der Waals surface area contributed by atoms with Crippen LogP contribution in [0.1, 0.15) is 101 Å². The number of Topliss-reactive ketones (excluding diaryl/α,β-unsaturated/α-hetero) is 1. The normalized spacial score (nSPS) is 20.0. The average Bonchev–Trinajstić information content (AvgIpc) is 4.20. The van der Waals surface area contributed by atoms with Crippen LogP contribution in [0.2, 0.25) is 0 Å². The van der Waals surface area contributed by atoms with E-state index in [1.165, 1.54) is 43.2 Å². The first-order valence-electron chi connectivity index (χ1n) is 26.4. The van der Waals surface area contributed by atoms with Crippen LogP contribution in [0.15, 0.2) is 137 Å². The fourth-order valence-electron chi connectivity index (χ4n) is 9.94. The molecule has 1 aromatic heterocycles. The van der Waals surface area contributed by atoms with Gasteiger partial charge in [0.2, 0.25) is 23.6 Å². The number of nitrogens with zero attached hydrogens (tertiary/aromatic N) is 2. The number of hydrogen-bond acceptors (Lipinski definition) is 13. The van der Waals surface area contributed by atoms with Crippen molar-refractivity contribution in [3.05, 3.63) is 172 Å². The summed E-state index contributed by atoms with van der Waals surface area (Å²) in [5, 5.41) is 12.5. The summed E-state index contributed by atoms with van der Waals surface area (Å²) in [6.07, 6.45) is 12.0. The van der Waals surface area contributed by atoms with Gasteiger partial charge in [0.25, 0.3) is 10.5 Å². The van der Waals surface area contributed by atoms with Crippen molar-refractivity contribution in [2.75, 3.05) is 6.61 Å². The molecule has 4 aliphatic heterocycles. The summed E-state index contributed by atoms with van der Waals surface area (Å²) < 4.78 is 17.9. The minimum absolute atomic E-state index is 0. The van der Waals surface area contributed by atoms with Crippen molar-refractivity contribution in [3.8, 4) is 23.0 Å². The van der Waals surface area contributed by atoms with E-state index >= 15 is 0 Å². The number of carbonyl (C=O) groups is 6. The molecule has 4 unspecified atom stereocenters. The molecule has 5 heterocycles. The Hall–Kier alpha value is -6.03. The van der Waals surface area contributed by atoms with Crippen LogP contribution in [0.25, 0.3) is 11.5 Å². The van der Waals surface area contributed by atoms with Gasteiger partial charge in [0.15, 0.2) is 5.78 Å². The van der Waals surface area contributed by atoms with Gasteiger partial charge in [-0.1, -0.05) is 147 Å². The molecule has 11 rings (SSSR count). The molecular formula is C61H64N4O10PbS3. The molecule has 5 amide bonds. The summed E-state index contributed by atoms with van der Waals surface area (Å²) in [6, 6.07) is 41.3. The van der Waals surface area contributed by atoms with Crippen LogP contribution in [0.4, 0.5) is 14.4 Å². The van der Waals surface area contributed by atoms with Crippen molar-refractivity contribution in [2.24, 2.45) is 10.4 Å². The Bertz CT molecular complexity index is 3150. The number of aliphatic hydroxyl groups excluding tert-OH is 1. The number of imide groups is 2. The van der Waals surface area contributed by atoms with E-state index in [1.54, 1.807) is 12.1 Å². The zero-order valence-corrected chi connectivity index (χ0v) is 52.2. The third-order valence-corrected chi connectivity index (χ3v) is 17.3. The van der Waals surface area contributed by atoms with E-state index in [2.05, 4.69) is 57.9 Å². The van der Waals surface area contributed by atoms with Gasteiger partial charge in [-0.15, -0.1) is 0 Å². The summed E-state index contributed by atoms with van der Waals surface area (Å²) in [5.41, 5.74) is 8.16. The van der Waals surface area contributed by atoms with E-state index in [4.69, 9.17) is 13.9 Å². The number of aliphatic hydroxyl groups is 1. The fraction of sp³-hybridized carbons (Fsp3) is 0.344. The molecule has 3 N–H and O–H groups in total. The van der Waals surface area contributed by atoms with Gasteiger partial charge in [0.05, 0.1) is 28.1 Å². The van der Waals surface area contributed by atoms with Crippen molar-refractivity contribution >= 4 is 102 Å². The zero-order valence-electron chi connectivity index (χ0n) is 44.3. The molecule has 1 saturated carbocycles. The molecule has 1 aliphatic carbocycles. The van der Waals surface area contributed by atoms with E-state index in [0.29, 0.717) is 49.0 Å². The molecule has 410 valence electrons. The third kappa shape index (κ3) is 16.8. The molecule has 79 heavy (non-hydrogen) atoms. The summed E-state index contributed by atoms with van der Waals surface area (Å²) in [6.45, 7) is 4.94. The number of nitrogens with one attached hydrogen (secondary N) is 2. The van der Waals surface area contributed by atoms with Gasteiger partial charge < -0.3 is 19.0 Å². The third-order valence-electron chi connectivity index (χ3n) is 14.3. The van der Waals surface area contributed by atoms with Gasteiger partial charge in [-0.2, -0.15) is 4.99 Å². The first kappa shape index (κ1) is 59.1. The Labute approximate surface area is 493 Å². The summed E-state index contributed by atoms with van der Waals surface area (Å²) in [7, 11) is 0. The van der Waals surface area contributed by atoms with Crippen LogP contribution >= 0.6 is 35.3 Å². The van der Waals surface area contributed by atoms with Crippen molar-refractivity contribution < 1.29 is 47.8 Å². The van der Waals surface area contributed by atoms with Gasteiger partial charge >= 0.3 is 32.5 Å². The standard InChI is InChI=1S/C23H20N2O4S.C20H19NO3S.C18H23NO3S.Pb.2H/c1-14-18(24-22(29-14)17-5-3-2-4-6-17)11-12-19(26)16-9-7-15(8-10-16)13-20-21(27)25-23(28)30-20;22-19-18(25-20(23)21-19)12-14-6-9-17-15(10-14)7-8-16(24-17)11-13-4-2-1-3-5-13;1-18(9-3-2-4-10-18)12-22-14-7-5-13(6-8-14)11-15-16(20)19-17(21)23-15;;;/h2-10,20H,11-13H2,1H3,(H,25,27,28);1-6,9-10,16,18H,7-8,11-12H2,(H,21,22,23);5-8,15H,2-4,9-12H2,1H3,(H,19,20,21);;;. The molecule has 6 aromatic rings. The second-order valence-corrected chi connectivity index (χ2v) is 23.9. The number of amides is 5. The number of aromatic nitrogens is 1. The van der Waals surface area contributed by atoms with Crippen LogP contribution in [0.5, 0.6) is 11.5 Å². The number of carbonyl (C=O) groups excluding carboxylic acids is 6. The molecule has 2 saturated heterocycles. The van der Waals surface area contributed by atoms with Crippen molar-refractivity contribution in [2.45, 2.75) is 119 Å². The van der Waals surface area contributed by atoms with E-state index in [1.807, 2.05) is 91.9 Å². The van der Waals surface area contributed by atoms with E-state index in [0.717, 1.165) is 106 Å². The first-order chi connectivity index (χ1) is 37.7. The Morgan fingerprint density at radius 3 is 1.90 bits per heavy atom. The van der Waals surface area contributed by atoms with Crippen molar-refractivity contribution in [1.29, 1.82) is 0 Å². The maximum absolute atomic E-state index is 12.6. The number of aliphatic imine (C=N–C) groups is 1. The molecule has 0 bridgehead atoms. The van der Waals surface area contributed by atoms with Crippen LogP contribution in [0, 0.1) is 12.3 Å². The van der Waals surface area contributed by atoms with E-state index in [-0.39, 0.29) is 88.4 Å². The van der Waals surface area contributed by atoms with Crippen molar-refractivity contribution in [1.82, 2.24) is 15.6 Å². The van der Waals surface area contributed by atoms with Gasteiger partial charge in [-0.25, -0.2) is 4.98 Å². The SMILES string of the molecule is CC1(COc2ccc(CC3SC(=O)NC3=O)cc2)CCCCC1.Cc1oc(-c2ccccc2)nc1CCC(=O)c1ccc(CC2SC(=O)N=C2O)cc1.O=C1NC(=O)C(Cc2ccc3c(c2)CCC(Cc2ccccc2)O3)S1.[PbH2]. The summed E-state index contributed by atoms with van der Waals surface area (Å²) in [5.74, 6) is 2.62. The second-order valence-electron chi connectivity index (χ2n) is 20.4. The van der Waals surface area contributed by atoms with E-state index in [9.17, 15) is 33.9 Å². The Balaban J connectivity index is 0.000000157. The fourth-order valence-corrected chi connectivity index (χ4v) is 12.5. The molecule has 3 fully saturated rings. The molecule has 14 nitrogen and oxygen atoms in total. The quantitative estimate of drug-likeness (QED) is 0.0610.